The van der Waals surface area contributed by atoms with Crippen molar-refractivity contribution in [3.05, 3.63) is 24.3 Å². The fourth-order valence-electron chi connectivity index (χ4n) is 2.51. The Bertz CT molecular complexity index is 469. The van der Waals surface area contributed by atoms with Crippen LogP contribution in [0.25, 0.3) is 0 Å². The van der Waals surface area contributed by atoms with Crippen molar-refractivity contribution in [1.29, 1.82) is 0 Å². The summed E-state index contributed by atoms with van der Waals surface area (Å²) in [5.41, 5.74) is 0.547. The van der Waals surface area contributed by atoms with E-state index in [0.717, 1.165) is 12.8 Å². The van der Waals surface area contributed by atoms with E-state index in [1.54, 1.807) is 12.1 Å². The molecule has 0 bridgehead atoms. The molecular formula is C14H16NO4-. The molecule has 1 aliphatic rings. The van der Waals surface area contributed by atoms with Crippen molar-refractivity contribution in [3.63, 3.8) is 0 Å². The minimum absolute atomic E-state index is 0.114. The minimum atomic E-state index is -1.15. The molecule has 1 saturated carbocycles. The van der Waals surface area contributed by atoms with Crippen LogP contribution in [-0.2, 0) is 9.59 Å². The fraction of sp³-hybridized carbons (Fsp3) is 0.429. The van der Waals surface area contributed by atoms with Gasteiger partial charge in [-0.05, 0) is 37.1 Å². The van der Waals surface area contributed by atoms with Crippen molar-refractivity contribution in [2.24, 2.45) is 11.8 Å². The Hall–Kier alpha value is -2.04. The Balaban J connectivity index is 2.05. The van der Waals surface area contributed by atoms with Crippen LogP contribution in [0.2, 0.25) is 0 Å². The van der Waals surface area contributed by atoms with E-state index in [4.69, 9.17) is 5.11 Å². The molecule has 0 unspecified atom stereocenters. The number of carbonyl (C=O) groups excluding carboxylic acids is 2. The standard InChI is InChI=1S/C14H17NO4/c16-10-7-5-9(6-8-10)15-13(17)11-3-1-2-4-12(11)14(18)19/h5-8,11-12,16H,1-4H2,(H,15,17)(H,18,19)/p-1/t11-,12+/m1/s1. The largest absolute Gasteiger partial charge is 0.550 e. The number of phenolic OH excluding ortho intramolecular Hbond substituents is 1. The van der Waals surface area contributed by atoms with Crippen molar-refractivity contribution in [2.45, 2.75) is 25.7 Å². The smallest absolute Gasteiger partial charge is 0.228 e. The molecule has 0 aromatic heterocycles. The SMILES string of the molecule is O=C([O-])[C@H]1CCCC[C@H]1C(=O)Nc1ccc(O)cc1. The number of aromatic hydroxyl groups is 1. The van der Waals surface area contributed by atoms with Gasteiger partial charge in [0.2, 0.25) is 5.91 Å². The number of benzene rings is 1. The van der Waals surface area contributed by atoms with Gasteiger partial charge in [-0.15, -0.1) is 0 Å². The molecule has 5 nitrogen and oxygen atoms in total. The van der Waals surface area contributed by atoms with Crippen molar-refractivity contribution in [1.82, 2.24) is 0 Å². The number of amides is 1. The normalized spacial score (nSPS) is 22.7. The van der Waals surface area contributed by atoms with E-state index in [2.05, 4.69) is 5.32 Å². The number of aliphatic carboxylic acids is 1. The van der Waals surface area contributed by atoms with Crippen LogP contribution in [0, 0.1) is 11.8 Å². The highest BCUT2D eigenvalue weighted by molar-refractivity contribution is 5.95. The summed E-state index contributed by atoms with van der Waals surface area (Å²) in [6.45, 7) is 0. The van der Waals surface area contributed by atoms with Gasteiger partial charge >= 0.3 is 0 Å². The lowest BCUT2D eigenvalue weighted by atomic mass is 9.78. The lowest BCUT2D eigenvalue weighted by Crippen LogP contribution is -2.42. The van der Waals surface area contributed by atoms with Gasteiger partial charge in [-0.25, -0.2) is 0 Å². The maximum atomic E-state index is 12.1. The molecule has 2 N–H and O–H groups in total. The Morgan fingerprint density at radius 3 is 2.26 bits per heavy atom. The van der Waals surface area contributed by atoms with Gasteiger partial charge in [-0.1, -0.05) is 12.8 Å². The number of hydrogen-bond donors (Lipinski definition) is 2. The van der Waals surface area contributed by atoms with Gasteiger partial charge in [0.05, 0.1) is 0 Å². The van der Waals surface area contributed by atoms with Gasteiger partial charge in [0.1, 0.15) is 5.75 Å². The number of hydrogen-bond acceptors (Lipinski definition) is 4. The number of carboxylic acids is 1. The van der Waals surface area contributed by atoms with Crippen LogP contribution < -0.4 is 10.4 Å². The maximum Gasteiger partial charge on any atom is 0.228 e. The van der Waals surface area contributed by atoms with Gasteiger partial charge in [0, 0.05) is 23.5 Å². The number of rotatable bonds is 3. The van der Waals surface area contributed by atoms with Gasteiger partial charge < -0.3 is 20.3 Å². The summed E-state index contributed by atoms with van der Waals surface area (Å²) in [6.07, 6.45) is 2.75. The first-order valence-corrected chi connectivity index (χ1v) is 6.38. The zero-order valence-corrected chi connectivity index (χ0v) is 10.5. The van der Waals surface area contributed by atoms with E-state index in [-0.39, 0.29) is 11.7 Å². The van der Waals surface area contributed by atoms with Gasteiger partial charge in [-0.2, -0.15) is 0 Å². The molecule has 0 aliphatic heterocycles. The predicted octanol–water partition coefficient (Wildman–Crippen LogP) is 0.887. The molecular weight excluding hydrogens is 246 g/mol. The Morgan fingerprint density at radius 2 is 1.68 bits per heavy atom. The highest BCUT2D eigenvalue weighted by Crippen LogP contribution is 2.30. The van der Waals surface area contributed by atoms with Crippen LogP contribution in [0.15, 0.2) is 24.3 Å². The third-order valence-electron chi connectivity index (χ3n) is 3.54. The first-order valence-electron chi connectivity index (χ1n) is 6.38. The van der Waals surface area contributed by atoms with Crippen LogP contribution in [0.1, 0.15) is 25.7 Å². The third-order valence-corrected chi connectivity index (χ3v) is 3.54. The summed E-state index contributed by atoms with van der Waals surface area (Å²) in [5, 5.41) is 22.9. The molecule has 19 heavy (non-hydrogen) atoms. The quantitative estimate of drug-likeness (QED) is 0.791. The molecule has 1 aliphatic carbocycles. The van der Waals surface area contributed by atoms with E-state index in [9.17, 15) is 14.7 Å². The van der Waals surface area contributed by atoms with Crippen LogP contribution >= 0.6 is 0 Å². The average molecular weight is 262 g/mol. The van der Waals surface area contributed by atoms with E-state index in [0.29, 0.717) is 18.5 Å². The monoisotopic (exact) mass is 262 g/mol. The second kappa shape index (κ2) is 5.73. The molecule has 5 heteroatoms. The van der Waals surface area contributed by atoms with Crippen molar-refractivity contribution in [3.8, 4) is 5.75 Å². The zero-order chi connectivity index (χ0) is 13.8. The molecule has 0 heterocycles. The maximum absolute atomic E-state index is 12.1. The van der Waals surface area contributed by atoms with Crippen molar-refractivity contribution < 1.29 is 19.8 Å². The Labute approximate surface area is 111 Å². The molecule has 0 radical (unpaired) electrons. The summed E-state index contributed by atoms with van der Waals surface area (Å²) in [6, 6.07) is 6.08. The van der Waals surface area contributed by atoms with Crippen molar-refractivity contribution in [2.75, 3.05) is 5.32 Å². The molecule has 1 amide bonds. The fourth-order valence-corrected chi connectivity index (χ4v) is 2.51. The first-order chi connectivity index (χ1) is 9.08. The van der Waals surface area contributed by atoms with Gasteiger partial charge in [-0.3, -0.25) is 4.79 Å². The second-order valence-corrected chi connectivity index (χ2v) is 4.85. The average Bonchev–Trinajstić information content (AvgIpc) is 2.41. The lowest BCUT2D eigenvalue weighted by Gasteiger charge is -2.31. The number of nitrogens with one attached hydrogen (secondary N) is 1. The molecule has 0 saturated heterocycles. The third kappa shape index (κ3) is 3.24. The molecule has 1 fully saturated rings. The van der Waals surface area contributed by atoms with E-state index >= 15 is 0 Å². The highest BCUT2D eigenvalue weighted by Gasteiger charge is 2.31. The first kappa shape index (κ1) is 13.4. The summed E-state index contributed by atoms with van der Waals surface area (Å²) >= 11 is 0. The zero-order valence-electron chi connectivity index (χ0n) is 10.5. The number of carbonyl (C=O) groups is 2. The van der Waals surface area contributed by atoms with Crippen LogP contribution in [0.5, 0.6) is 5.75 Å². The van der Waals surface area contributed by atoms with E-state index in [1.165, 1.54) is 12.1 Å². The van der Waals surface area contributed by atoms with Gasteiger partial charge in [0.25, 0.3) is 0 Å². The van der Waals surface area contributed by atoms with Crippen LogP contribution in [0.4, 0.5) is 5.69 Å². The number of anilines is 1. The van der Waals surface area contributed by atoms with Gasteiger partial charge in [0.15, 0.2) is 0 Å². The van der Waals surface area contributed by atoms with Crippen molar-refractivity contribution >= 4 is 17.6 Å². The predicted molar refractivity (Wildman–Crippen MR) is 67.2 cm³/mol. The molecule has 102 valence electrons. The molecule has 2 atom stereocenters. The molecule has 0 spiro atoms. The summed E-state index contributed by atoms with van der Waals surface area (Å²) < 4.78 is 0. The summed E-state index contributed by atoms with van der Waals surface area (Å²) in [7, 11) is 0. The highest BCUT2D eigenvalue weighted by atomic mass is 16.4. The Morgan fingerprint density at radius 1 is 1.11 bits per heavy atom. The van der Waals surface area contributed by atoms with Crippen LogP contribution in [0.3, 0.4) is 0 Å². The number of carboxylic acid groups (broad SMARTS) is 1. The summed E-state index contributed by atoms with van der Waals surface area (Å²) in [4.78, 5) is 23.1. The number of phenols is 1. The van der Waals surface area contributed by atoms with E-state index in [1.807, 2.05) is 0 Å². The van der Waals surface area contributed by atoms with E-state index < -0.39 is 17.8 Å². The lowest BCUT2D eigenvalue weighted by molar-refractivity contribution is -0.313. The second-order valence-electron chi connectivity index (χ2n) is 4.85. The summed E-state index contributed by atoms with van der Waals surface area (Å²) in [5.74, 6) is -2.56. The minimum Gasteiger partial charge on any atom is -0.550 e. The molecule has 1 aromatic carbocycles. The molecule has 1 aromatic rings. The van der Waals surface area contributed by atoms with Crippen LogP contribution in [-0.4, -0.2) is 17.0 Å². The molecule has 2 rings (SSSR count). The topological polar surface area (TPSA) is 89.5 Å². The Kier molecular flexibility index (Phi) is 4.04.